The summed E-state index contributed by atoms with van der Waals surface area (Å²) >= 11 is 0. The molecule has 0 fully saturated rings. The number of ether oxygens (including phenoxy) is 5. The van der Waals surface area contributed by atoms with Gasteiger partial charge in [-0.2, -0.15) is 0 Å². The third kappa shape index (κ3) is 12.8. The van der Waals surface area contributed by atoms with Crippen LogP contribution < -0.4 is 15.2 Å². The van der Waals surface area contributed by atoms with Gasteiger partial charge in [-0.15, -0.1) is 0 Å². The van der Waals surface area contributed by atoms with E-state index in [2.05, 4.69) is 0 Å². The first-order chi connectivity index (χ1) is 19.4. The van der Waals surface area contributed by atoms with Crippen molar-refractivity contribution in [2.45, 2.75) is 92.0 Å². The van der Waals surface area contributed by atoms with Crippen molar-refractivity contribution in [3.8, 4) is 11.5 Å². The number of carbonyl (C=O) groups excluding carboxylic acids is 3. The summed E-state index contributed by atoms with van der Waals surface area (Å²) in [6.45, 7) is 11.5. The summed E-state index contributed by atoms with van der Waals surface area (Å²) in [5, 5.41) is 9.73. The van der Waals surface area contributed by atoms with Gasteiger partial charge in [-0.3, -0.25) is 9.59 Å². The van der Waals surface area contributed by atoms with Gasteiger partial charge in [0.25, 0.3) is 0 Å². The van der Waals surface area contributed by atoms with Crippen LogP contribution in [-0.4, -0.2) is 55.2 Å². The van der Waals surface area contributed by atoms with E-state index in [0.717, 1.165) is 25.7 Å². The van der Waals surface area contributed by atoms with Crippen molar-refractivity contribution in [3.63, 3.8) is 0 Å². The van der Waals surface area contributed by atoms with Gasteiger partial charge in [-0.05, 0) is 42.4 Å². The van der Waals surface area contributed by atoms with E-state index < -0.39 is 42.1 Å². The largest absolute Gasteiger partial charge is 0.513 e. The van der Waals surface area contributed by atoms with E-state index in [-0.39, 0.29) is 43.2 Å². The van der Waals surface area contributed by atoms with Crippen LogP contribution in [0.5, 0.6) is 11.5 Å². The topological polar surface area (TPSA) is 161 Å². The van der Waals surface area contributed by atoms with Crippen molar-refractivity contribution in [2.75, 3.05) is 19.8 Å². The lowest BCUT2D eigenvalue weighted by Crippen LogP contribution is -2.41. The zero-order valence-corrected chi connectivity index (χ0v) is 25.2. The molecule has 1 rings (SSSR count). The Bertz CT molecular complexity index is 980. The molecular weight excluding hydrogens is 534 g/mol. The summed E-state index contributed by atoms with van der Waals surface area (Å²) in [7, 11) is 0. The van der Waals surface area contributed by atoms with Crippen molar-refractivity contribution in [1.29, 1.82) is 0 Å². The molecule has 0 heterocycles. The first-order valence-corrected chi connectivity index (χ1v) is 14.4. The number of benzene rings is 1. The lowest BCUT2D eigenvalue weighted by molar-refractivity contribution is -0.151. The number of carboxylic acid groups (broad SMARTS) is 1. The molecule has 3 N–H and O–H groups in total. The number of carboxylic acids is 1. The highest BCUT2D eigenvalue weighted by molar-refractivity contribution is 5.75. The van der Waals surface area contributed by atoms with Crippen LogP contribution in [0.3, 0.4) is 0 Å². The van der Waals surface area contributed by atoms with E-state index in [9.17, 15) is 24.3 Å². The van der Waals surface area contributed by atoms with Gasteiger partial charge in [-0.25, -0.2) is 9.59 Å². The number of rotatable bonds is 18. The van der Waals surface area contributed by atoms with Crippen molar-refractivity contribution in [2.24, 2.45) is 23.5 Å². The molecule has 0 aliphatic rings. The van der Waals surface area contributed by atoms with Crippen molar-refractivity contribution >= 4 is 24.2 Å². The Morgan fingerprint density at radius 2 is 1.34 bits per heavy atom. The molecule has 3 unspecified atom stereocenters. The highest BCUT2D eigenvalue weighted by atomic mass is 16.7. The van der Waals surface area contributed by atoms with Gasteiger partial charge in [0.2, 0.25) is 0 Å². The maximum Gasteiger partial charge on any atom is 0.513 e. The van der Waals surface area contributed by atoms with Crippen LogP contribution in [0.15, 0.2) is 18.2 Å². The first kappa shape index (κ1) is 35.7. The van der Waals surface area contributed by atoms with Gasteiger partial charge >= 0.3 is 24.2 Å². The smallest absolute Gasteiger partial charge is 0.480 e. The fourth-order valence-corrected chi connectivity index (χ4v) is 3.91. The average Bonchev–Trinajstić information content (AvgIpc) is 2.92. The van der Waals surface area contributed by atoms with Crippen molar-refractivity contribution < 1.29 is 48.0 Å². The molecule has 232 valence electrons. The zero-order valence-electron chi connectivity index (χ0n) is 25.2. The summed E-state index contributed by atoms with van der Waals surface area (Å²) in [5.41, 5.74) is 6.45. The molecule has 41 heavy (non-hydrogen) atoms. The monoisotopic (exact) mass is 581 g/mol. The maximum absolute atomic E-state index is 12.4. The molecule has 0 aromatic heterocycles. The molecule has 1 aromatic rings. The van der Waals surface area contributed by atoms with Crippen LogP contribution in [0.2, 0.25) is 0 Å². The second-order valence-corrected chi connectivity index (χ2v) is 10.6. The van der Waals surface area contributed by atoms with E-state index in [1.54, 1.807) is 13.8 Å². The number of carbonyl (C=O) groups is 4. The molecule has 0 radical (unpaired) electrons. The molecule has 0 saturated carbocycles. The summed E-state index contributed by atoms with van der Waals surface area (Å²) in [6, 6.07) is 2.87. The van der Waals surface area contributed by atoms with E-state index >= 15 is 0 Å². The maximum atomic E-state index is 12.4. The van der Waals surface area contributed by atoms with Crippen LogP contribution in [0.1, 0.15) is 91.5 Å². The molecular formula is C30H47NO10. The van der Waals surface area contributed by atoms with E-state index in [0.29, 0.717) is 18.4 Å². The number of aliphatic carboxylic acids is 1. The highest BCUT2D eigenvalue weighted by Crippen LogP contribution is 2.36. The van der Waals surface area contributed by atoms with Crippen LogP contribution in [0, 0.1) is 17.8 Å². The second kappa shape index (κ2) is 18.9. The van der Waals surface area contributed by atoms with Crippen LogP contribution in [0.25, 0.3) is 0 Å². The summed E-state index contributed by atoms with van der Waals surface area (Å²) in [5.74, 6) is -3.61. The molecule has 4 atom stereocenters. The molecule has 0 amide bonds. The average molecular weight is 582 g/mol. The fraction of sp³-hybridized carbons (Fsp3) is 0.667. The van der Waals surface area contributed by atoms with Crippen LogP contribution in [0.4, 0.5) is 9.59 Å². The van der Waals surface area contributed by atoms with E-state index in [4.69, 9.17) is 29.4 Å². The quantitative estimate of drug-likeness (QED) is 0.0896. The Labute approximate surface area is 243 Å². The predicted octanol–water partition coefficient (Wildman–Crippen LogP) is 6.06. The molecule has 0 saturated heterocycles. The van der Waals surface area contributed by atoms with Gasteiger partial charge in [0.15, 0.2) is 11.5 Å². The number of unbranched alkanes of at least 4 members (excludes halogenated alkanes) is 4. The first-order valence-electron chi connectivity index (χ1n) is 14.4. The van der Waals surface area contributed by atoms with Crippen molar-refractivity contribution in [1.82, 2.24) is 0 Å². The highest BCUT2D eigenvalue weighted by Gasteiger charge is 2.33. The third-order valence-electron chi connectivity index (χ3n) is 6.82. The Hall–Kier alpha value is -3.34. The standard InChI is InChI=1S/C30H47NO10/c1-7-9-11-15-37-29(35)40-23-14-13-22(17-24(23)41-30(36)38-16-12-10-8-2)25(26(31)27(32)33)20(5)18-39-28(34)21(6)19(3)4/h13-14,17,19-21,25-26H,7-12,15-16,18,31H2,1-6H3,(H,32,33)/t20?,21?,25?,26-/m0/s1. The van der Waals surface area contributed by atoms with Gasteiger partial charge in [0, 0.05) is 5.92 Å². The third-order valence-corrected chi connectivity index (χ3v) is 6.82. The Morgan fingerprint density at radius 1 is 0.805 bits per heavy atom. The molecule has 11 heteroatoms. The number of hydrogen-bond acceptors (Lipinski definition) is 10. The van der Waals surface area contributed by atoms with Gasteiger partial charge in [-0.1, -0.05) is 73.3 Å². The van der Waals surface area contributed by atoms with E-state index in [1.807, 2.05) is 27.7 Å². The number of nitrogens with two attached hydrogens (primary N) is 1. The normalized spacial score (nSPS) is 14.0. The van der Waals surface area contributed by atoms with E-state index in [1.165, 1.54) is 18.2 Å². The number of esters is 1. The molecule has 0 bridgehead atoms. The lowest BCUT2D eigenvalue weighted by atomic mass is 9.82. The molecule has 0 spiro atoms. The zero-order chi connectivity index (χ0) is 30.9. The Balaban J connectivity index is 3.26. The molecule has 11 nitrogen and oxygen atoms in total. The van der Waals surface area contributed by atoms with Gasteiger partial charge in [0.1, 0.15) is 6.04 Å². The molecule has 0 aliphatic carbocycles. The molecule has 0 aliphatic heterocycles. The number of hydrogen-bond donors (Lipinski definition) is 2. The van der Waals surface area contributed by atoms with Crippen molar-refractivity contribution in [3.05, 3.63) is 23.8 Å². The van der Waals surface area contributed by atoms with Crippen LogP contribution in [-0.2, 0) is 23.8 Å². The van der Waals surface area contributed by atoms with Gasteiger partial charge in [0.05, 0.1) is 25.7 Å². The van der Waals surface area contributed by atoms with Crippen LogP contribution >= 0.6 is 0 Å². The summed E-state index contributed by atoms with van der Waals surface area (Å²) in [4.78, 5) is 49.0. The second-order valence-electron chi connectivity index (χ2n) is 10.6. The summed E-state index contributed by atoms with van der Waals surface area (Å²) < 4.78 is 26.4. The Morgan fingerprint density at radius 3 is 1.83 bits per heavy atom. The molecule has 1 aromatic carbocycles. The summed E-state index contributed by atoms with van der Waals surface area (Å²) in [6.07, 6.45) is 2.98. The minimum Gasteiger partial charge on any atom is -0.480 e. The van der Waals surface area contributed by atoms with Gasteiger partial charge < -0.3 is 34.5 Å². The lowest BCUT2D eigenvalue weighted by Gasteiger charge is -2.28. The fourth-order valence-electron chi connectivity index (χ4n) is 3.91. The minimum atomic E-state index is -1.38. The Kier molecular flexibility index (Phi) is 16.5. The SMILES string of the molecule is CCCCCOC(=O)Oc1ccc(C(C(C)COC(=O)C(C)C(C)C)[C@H](N)C(=O)O)cc1OC(=O)OCCCCC. The predicted molar refractivity (Wildman–Crippen MR) is 152 cm³/mol. The minimum absolute atomic E-state index is 0.0715.